The Morgan fingerprint density at radius 2 is 1.93 bits per heavy atom. The second-order valence-electron chi connectivity index (χ2n) is 8.07. The summed E-state index contributed by atoms with van der Waals surface area (Å²) < 4.78 is 9.67. The minimum absolute atomic E-state index is 0.158. The molecular weight excluding hydrogens is 376 g/mol. The van der Waals surface area contributed by atoms with Gasteiger partial charge in [-0.3, -0.25) is 0 Å². The van der Waals surface area contributed by atoms with Gasteiger partial charge in [-0.2, -0.15) is 10.4 Å². The third-order valence-electron chi connectivity index (χ3n) is 6.30. The van der Waals surface area contributed by atoms with Gasteiger partial charge >= 0.3 is 0 Å². The van der Waals surface area contributed by atoms with E-state index in [1.807, 2.05) is 24.7 Å². The van der Waals surface area contributed by atoms with Crippen molar-refractivity contribution in [2.75, 3.05) is 0 Å². The van der Waals surface area contributed by atoms with E-state index in [0.717, 1.165) is 41.2 Å². The molecule has 0 radical (unpaired) electrons. The number of rotatable bonds is 3. The maximum atomic E-state index is 9.92. The first kappa shape index (κ1) is 18.5. The van der Waals surface area contributed by atoms with Crippen LogP contribution < -0.4 is 10.5 Å². The molecule has 1 aromatic carbocycles. The van der Waals surface area contributed by atoms with E-state index in [-0.39, 0.29) is 11.8 Å². The lowest BCUT2D eigenvalue weighted by molar-refractivity contribution is 0.358. The van der Waals surface area contributed by atoms with Crippen LogP contribution in [0.1, 0.15) is 60.2 Å². The van der Waals surface area contributed by atoms with Crippen molar-refractivity contribution in [1.29, 1.82) is 5.26 Å². The molecule has 30 heavy (non-hydrogen) atoms. The number of nitriles is 1. The first-order valence-electron chi connectivity index (χ1n) is 10.3. The molecule has 7 heteroatoms. The number of fused-ring (bicyclic) bond motifs is 1. The van der Waals surface area contributed by atoms with Crippen molar-refractivity contribution in [1.82, 2.24) is 19.3 Å². The zero-order valence-corrected chi connectivity index (χ0v) is 17.2. The van der Waals surface area contributed by atoms with Gasteiger partial charge in [-0.1, -0.05) is 25.0 Å². The smallest absolute Gasteiger partial charge is 0.224 e. The van der Waals surface area contributed by atoms with Crippen LogP contribution in [0.5, 0.6) is 5.88 Å². The summed E-state index contributed by atoms with van der Waals surface area (Å²) in [5.41, 5.74) is 10.7. The third kappa shape index (κ3) is 2.79. The molecule has 2 aliphatic rings. The number of ether oxygens (including phenoxy) is 1. The zero-order chi connectivity index (χ0) is 20.8. The largest absolute Gasteiger partial charge is 0.422 e. The topological polar surface area (TPSA) is 94.7 Å². The Balaban J connectivity index is 1.64. The summed E-state index contributed by atoms with van der Waals surface area (Å²) >= 11 is 0. The van der Waals surface area contributed by atoms with Crippen molar-refractivity contribution in [3.63, 3.8) is 0 Å². The highest BCUT2D eigenvalue weighted by molar-refractivity contribution is 5.57. The molecular formula is C23H24N6O. The first-order valence-corrected chi connectivity index (χ1v) is 10.3. The molecule has 0 spiro atoms. The van der Waals surface area contributed by atoms with Crippen LogP contribution >= 0.6 is 0 Å². The molecule has 0 bridgehead atoms. The van der Waals surface area contributed by atoms with E-state index in [2.05, 4.69) is 35.3 Å². The normalized spacial score (nSPS) is 18.9. The molecule has 152 valence electrons. The molecule has 0 saturated heterocycles. The molecule has 2 N–H and O–H groups in total. The minimum Gasteiger partial charge on any atom is -0.422 e. The molecule has 1 fully saturated rings. The van der Waals surface area contributed by atoms with Gasteiger partial charge < -0.3 is 15.0 Å². The summed E-state index contributed by atoms with van der Waals surface area (Å²) in [6.45, 7) is 1.97. The minimum atomic E-state index is -0.277. The summed E-state index contributed by atoms with van der Waals surface area (Å²) in [5, 5.41) is 14.7. The molecule has 1 saturated carbocycles. The van der Waals surface area contributed by atoms with Gasteiger partial charge in [0.15, 0.2) is 0 Å². The fourth-order valence-electron chi connectivity index (χ4n) is 4.81. The highest BCUT2D eigenvalue weighted by atomic mass is 16.5. The van der Waals surface area contributed by atoms with Crippen molar-refractivity contribution < 1.29 is 4.74 Å². The third-order valence-corrected chi connectivity index (χ3v) is 6.30. The summed E-state index contributed by atoms with van der Waals surface area (Å²) in [6.07, 6.45) is 8.39. The Bertz CT molecular complexity index is 1170. The standard InChI is InChI=1S/C23H24N6O/c1-14-26-11-12-29(14)17-9-7-15(8-10-17)19-18(13-24)22(25)30-23-20(19)21(27-28(23)2)16-5-3-4-6-16/h7-12,16,19H,3-6,25H2,1-2H3. The molecule has 5 rings (SSSR count). The van der Waals surface area contributed by atoms with Crippen molar-refractivity contribution in [3.05, 3.63) is 70.8 Å². The van der Waals surface area contributed by atoms with Crippen LogP contribution in [-0.2, 0) is 7.05 Å². The fourth-order valence-corrected chi connectivity index (χ4v) is 4.81. The van der Waals surface area contributed by atoms with Crippen molar-refractivity contribution in [2.24, 2.45) is 12.8 Å². The van der Waals surface area contributed by atoms with Gasteiger partial charge in [0.2, 0.25) is 11.8 Å². The summed E-state index contributed by atoms with van der Waals surface area (Å²) in [4.78, 5) is 4.30. The predicted octanol–water partition coefficient (Wildman–Crippen LogP) is 3.79. The van der Waals surface area contributed by atoms with Crippen LogP contribution in [0.2, 0.25) is 0 Å². The van der Waals surface area contributed by atoms with E-state index in [1.54, 1.807) is 10.9 Å². The maximum absolute atomic E-state index is 9.92. The van der Waals surface area contributed by atoms with Crippen molar-refractivity contribution in [2.45, 2.75) is 44.4 Å². The molecule has 1 atom stereocenters. The number of imidazole rings is 1. The number of aromatic nitrogens is 4. The van der Waals surface area contributed by atoms with E-state index in [4.69, 9.17) is 15.6 Å². The molecule has 3 heterocycles. The second kappa shape index (κ2) is 7.06. The highest BCUT2D eigenvalue weighted by Gasteiger charge is 2.38. The molecule has 1 unspecified atom stereocenters. The Morgan fingerprint density at radius 1 is 1.20 bits per heavy atom. The second-order valence-corrected chi connectivity index (χ2v) is 8.07. The lowest BCUT2D eigenvalue weighted by atomic mass is 9.81. The average molecular weight is 400 g/mol. The molecule has 7 nitrogen and oxygen atoms in total. The lowest BCUT2D eigenvalue weighted by Crippen LogP contribution is -2.22. The van der Waals surface area contributed by atoms with Gasteiger partial charge in [0.25, 0.3) is 0 Å². The van der Waals surface area contributed by atoms with E-state index in [1.165, 1.54) is 12.8 Å². The van der Waals surface area contributed by atoms with Gasteiger partial charge in [-0.25, -0.2) is 9.67 Å². The molecule has 0 amide bonds. The number of hydrogen-bond acceptors (Lipinski definition) is 5. The van der Waals surface area contributed by atoms with E-state index < -0.39 is 0 Å². The van der Waals surface area contributed by atoms with E-state index in [9.17, 15) is 5.26 Å². The van der Waals surface area contributed by atoms with Crippen LogP contribution in [0.3, 0.4) is 0 Å². The Labute approximate surface area is 175 Å². The predicted molar refractivity (Wildman–Crippen MR) is 112 cm³/mol. The van der Waals surface area contributed by atoms with Crippen LogP contribution in [-0.4, -0.2) is 19.3 Å². The highest BCUT2D eigenvalue weighted by Crippen LogP contribution is 2.48. The molecule has 1 aliphatic heterocycles. The van der Waals surface area contributed by atoms with E-state index >= 15 is 0 Å². The molecule has 3 aromatic rings. The number of nitrogens with zero attached hydrogens (tertiary/aromatic N) is 5. The SMILES string of the molecule is Cc1nccn1-c1ccc(C2C(C#N)=C(N)Oc3c2c(C2CCCC2)nn3C)cc1. The maximum Gasteiger partial charge on any atom is 0.224 e. The number of benzene rings is 1. The first-order chi connectivity index (χ1) is 14.6. The van der Waals surface area contributed by atoms with Gasteiger partial charge in [-0.15, -0.1) is 0 Å². The van der Waals surface area contributed by atoms with Gasteiger partial charge in [0, 0.05) is 31.0 Å². The number of aryl methyl sites for hydroxylation is 2. The van der Waals surface area contributed by atoms with Crippen molar-refractivity contribution in [3.8, 4) is 17.6 Å². The van der Waals surface area contributed by atoms with Crippen LogP contribution in [0, 0.1) is 18.3 Å². The zero-order valence-electron chi connectivity index (χ0n) is 17.2. The van der Waals surface area contributed by atoms with Crippen LogP contribution in [0.15, 0.2) is 48.1 Å². The molecule has 1 aliphatic carbocycles. The lowest BCUT2D eigenvalue weighted by Gasteiger charge is -2.26. The monoisotopic (exact) mass is 400 g/mol. The Kier molecular flexibility index (Phi) is 4.35. The number of nitrogens with two attached hydrogens (primary N) is 1. The summed E-state index contributed by atoms with van der Waals surface area (Å²) in [7, 11) is 1.88. The Morgan fingerprint density at radius 3 is 2.57 bits per heavy atom. The van der Waals surface area contributed by atoms with Crippen molar-refractivity contribution >= 4 is 0 Å². The summed E-state index contributed by atoms with van der Waals surface area (Å²) in [5.74, 6) is 1.85. The fraction of sp³-hybridized carbons (Fsp3) is 0.348. The quantitative estimate of drug-likeness (QED) is 0.722. The number of allylic oxidation sites excluding steroid dienone is 1. The van der Waals surface area contributed by atoms with Gasteiger partial charge in [0.05, 0.1) is 17.2 Å². The average Bonchev–Trinajstić information content (AvgIpc) is 3.48. The van der Waals surface area contributed by atoms with Gasteiger partial charge in [-0.05, 0) is 37.5 Å². The Hall–Kier alpha value is -3.53. The molecule has 2 aromatic heterocycles. The number of hydrogen-bond donors (Lipinski definition) is 1. The van der Waals surface area contributed by atoms with Gasteiger partial charge in [0.1, 0.15) is 17.5 Å². The van der Waals surface area contributed by atoms with Crippen LogP contribution in [0.25, 0.3) is 5.69 Å². The van der Waals surface area contributed by atoms with E-state index in [0.29, 0.717) is 17.4 Å². The van der Waals surface area contributed by atoms with Crippen LogP contribution in [0.4, 0.5) is 0 Å². The summed E-state index contributed by atoms with van der Waals surface area (Å²) in [6, 6.07) is 10.5.